The fourth-order valence-electron chi connectivity index (χ4n) is 1.31. The Balaban J connectivity index is 3.08. The van der Waals surface area contributed by atoms with Crippen LogP contribution in [0.2, 0.25) is 0 Å². The number of hydrogen-bond donors (Lipinski definition) is 4. The maximum absolute atomic E-state index is 11.6. The lowest BCUT2D eigenvalue weighted by Gasteiger charge is -2.13. The van der Waals surface area contributed by atoms with Gasteiger partial charge in [0, 0.05) is 11.7 Å². The maximum Gasteiger partial charge on any atom is 0.337 e. The van der Waals surface area contributed by atoms with Crippen LogP contribution in [-0.4, -0.2) is 25.5 Å². The van der Waals surface area contributed by atoms with E-state index in [1.165, 1.54) is 18.2 Å². The van der Waals surface area contributed by atoms with E-state index in [2.05, 4.69) is 9.44 Å². The Hall–Kier alpha value is -1.80. The number of nitrogens with two attached hydrogens (primary N) is 1. The van der Waals surface area contributed by atoms with E-state index in [0.29, 0.717) is 0 Å². The first-order valence-electron chi connectivity index (χ1n) is 5.14. The van der Waals surface area contributed by atoms with E-state index in [1.54, 1.807) is 13.8 Å². The Morgan fingerprint density at radius 2 is 2.00 bits per heavy atom. The van der Waals surface area contributed by atoms with Gasteiger partial charge in [0.2, 0.25) is 0 Å². The Morgan fingerprint density at radius 3 is 2.50 bits per heavy atom. The van der Waals surface area contributed by atoms with Gasteiger partial charge in [-0.3, -0.25) is 4.72 Å². The number of carboxylic acid groups (broad SMARTS) is 1. The molecule has 0 heterocycles. The highest BCUT2D eigenvalue weighted by atomic mass is 32.2. The fraction of sp³-hybridized carbons (Fsp3) is 0.300. The fourth-order valence-corrected chi connectivity index (χ4v) is 2.46. The van der Waals surface area contributed by atoms with Crippen molar-refractivity contribution in [1.29, 1.82) is 0 Å². The van der Waals surface area contributed by atoms with Gasteiger partial charge >= 0.3 is 5.97 Å². The summed E-state index contributed by atoms with van der Waals surface area (Å²) in [5.41, 5.74) is 5.45. The number of hydrogen-bond acceptors (Lipinski definition) is 4. The molecule has 0 amide bonds. The van der Waals surface area contributed by atoms with Crippen molar-refractivity contribution in [1.82, 2.24) is 4.72 Å². The minimum atomic E-state index is -3.81. The van der Waals surface area contributed by atoms with Crippen LogP contribution in [0.5, 0.6) is 0 Å². The van der Waals surface area contributed by atoms with E-state index in [4.69, 9.17) is 10.8 Å². The van der Waals surface area contributed by atoms with E-state index in [0.717, 1.165) is 0 Å². The van der Waals surface area contributed by atoms with Crippen molar-refractivity contribution in [3.63, 3.8) is 0 Å². The van der Waals surface area contributed by atoms with Gasteiger partial charge in [-0.1, -0.05) is 0 Å². The number of benzene rings is 1. The zero-order valence-electron chi connectivity index (χ0n) is 9.97. The summed E-state index contributed by atoms with van der Waals surface area (Å²) in [6, 6.07) is 3.61. The van der Waals surface area contributed by atoms with Crippen molar-refractivity contribution in [3.8, 4) is 0 Å². The van der Waals surface area contributed by atoms with Crippen LogP contribution in [0, 0.1) is 0 Å². The largest absolute Gasteiger partial charge is 0.478 e. The number of nitrogen functional groups attached to an aromatic ring is 1. The quantitative estimate of drug-likeness (QED) is 0.586. The normalized spacial score (nSPS) is 11.5. The summed E-state index contributed by atoms with van der Waals surface area (Å²) in [4.78, 5) is 11.0. The second kappa shape index (κ2) is 5.23. The van der Waals surface area contributed by atoms with Gasteiger partial charge in [-0.15, -0.1) is 0 Å². The summed E-state index contributed by atoms with van der Waals surface area (Å²) in [6.45, 7) is 3.31. The second-order valence-electron chi connectivity index (χ2n) is 3.99. The molecule has 0 atom stereocenters. The molecule has 1 rings (SSSR count). The Morgan fingerprint density at radius 1 is 1.39 bits per heavy atom. The summed E-state index contributed by atoms with van der Waals surface area (Å²) in [5.74, 6) is -1.26. The number of nitrogens with one attached hydrogen (secondary N) is 2. The van der Waals surface area contributed by atoms with Gasteiger partial charge in [0.05, 0.1) is 11.3 Å². The monoisotopic (exact) mass is 273 g/mol. The third-order valence-electron chi connectivity index (χ3n) is 1.91. The van der Waals surface area contributed by atoms with Crippen LogP contribution < -0.4 is 15.2 Å². The lowest BCUT2D eigenvalue weighted by molar-refractivity contribution is 0.0698. The minimum Gasteiger partial charge on any atom is -0.478 e. The number of carboxylic acids is 1. The molecule has 0 aromatic heterocycles. The van der Waals surface area contributed by atoms with E-state index < -0.39 is 16.2 Å². The molecule has 0 spiro atoms. The molecule has 0 aliphatic rings. The highest BCUT2D eigenvalue weighted by Gasteiger charge is 2.17. The Bertz CT molecular complexity index is 554. The number of carbonyl (C=O) groups is 1. The third-order valence-corrected chi connectivity index (χ3v) is 3.18. The van der Waals surface area contributed by atoms with Crippen molar-refractivity contribution in [2.45, 2.75) is 19.9 Å². The van der Waals surface area contributed by atoms with E-state index in [9.17, 15) is 13.2 Å². The molecule has 1 aromatic rings. The van der Waals surface area contributed by atoms with Gasteiger partial charge in [0.15, 0.2) is 0 Å². The summed E-state index contributed by atoms with van der Waals surface area (Å²) < 4.78 is 27.7. The van der Waals surface area contributed by atoms with Crippen molar-refractivity contribution in [2.24, 2.45) is 0 Å². The van der Waals surface area contributed by atoms with E-state index >= 15 is 0 Å². The van der Waals surface area contributed by atoms with Crippen LogP contribution in [-0.2, 0) is 10.2 Å². The molecule has 5 N–H and O–H groups in total. The molecule has 0 fully saturated rings. The SMILES string of the molecule is CC(C)NS(=O)(=O)Nc1ccc(N)cc1C(=O)O. The zero-order chi connectivity index (χ0) is 13.9. The number of aromatic carboxylic acids is 1. The van der Waals surface area contributed by atoms with Gasteiger partial charge in [-0.25, -0.2) is 4.79 Å². The van der Waals surface area contributed by atoms with Crippen molar-refractivity contribution in [2.75, 3.05) is 10.5 Å². The Labute approximate surface area is 105 Å². The molecule has 1 aromatic carbocycles. The molecular formula is C10H15N3O4S. The first-order valence-corrected chi connectivity index (χ1v) is 6.62. The number of rotatable bonds is 5. The summed E-state index contributed by atoms with van der Waals surface area (Å²) in [7, 11) is -3.81. The molecule has 0 saturated heterocycles. The molecule has 0 radical (unpaired) electrons. The lowest BCUT2D eigenvalue weighted by Crippen LogP contribution is -2.35. The summed E-state index contributed by atoms with van der Waals surface area (Å²) >= 11 is 0. The molecule has 0 saturated carbocycles. The van der Waals surface area contributed by atoms with Crippen LogP contribution in [0.15, 0.2) is 18.2 Å². The van der Waals surface area contributed by atoms with Gasteiger partial charge in [0.1, 0.15) is 0 Å². The van der Waals surface area contributed by atoms with Crippen molar-refractivity contribution >= 4 is 27.6 Å². The summed E-state index contributed by atoms with van der Waals surface area (Å²) in [6.07, 6.45) is 0. The second-order valence-corrected chi connectivity index (χ2v) is 5.43. The molecule has 0 aliphatic carbocycles. The van der Waals surface area contributed by atoms with Crippen molar-refractivity contribution < 1.29 is 18.3 Å². The van der Waals surface area contributed by atoms with Gasteiger partial charge < -0.3 is 10.8 Å². The highest BCUT2D eigenvalue weighted by Crippen LogP contribution is 2.19. The topological polar surface area (TPSA) is 122 Å². The molecule has 100 valence electrons. The van der Waals surface area contributed by atoms with Crippen molar-refractivity contribution in [3.05, 3.63) is 23.8 Å². The predicted octanol–water partition coefficient (Wildman–Crippen LogP) is 0.622. The first-order chi connectivity index (χ1) is 8.21. The van der Waals surface area contributed by atoms with Gasteiger partial charge in [-0.05, 0) is 32.0 Å². The third kappa shape index (κ3) is 3.90. The average Bonchev–Trinajstić information content (AvgIpc) is 2.18. The van der Waals surface area contributed by atoms with Gasteiger partial charge in [0.25, 0.3) is 10.2 Å². The molecule has 7 nitrogen and oxygen atoms in total. The van der Waals surface area contributed by atoms with Gasteiger partial charge in [-0.2, -0.15) is 13.1 Å². The Kier molecular flexibility index (Phi) is 4.15. The van der Waals surface area contributed by atoms with E-state index in [1.807, 2.05) is 0 Å². The van der Waals surface area contributed by atoms with Crippen LogP contribution in [0.3, 0.4) is 0 Å². The van der Waals surface area contributed by atoms with Crippen LogP contribution in [0.4, 0.5) is 11.4 Å². The number of anilines is 2. The van der Waals surface area contributed by atoms with Crippen LogP contribution in [0.25, 0.3) is 0 Å². The maximum atomic E-state index is 11.6. The smallest absolute Gasteiger partial charge is 0.337 e. The molecule has 8 heteroatoms. The highest BCUT2D eigenvalue weighted by molar-refractivity contribution is 7.90. The van der Waals surface area contributed by atoms with E-state index in [-0.39, 0.29) is 23.0 Å². The standard InChI is InChI=1S/C10H15N3O4S/c1-6(2)12-18(16,17)13-9-4-3-7(11)5-8(9)10(14)15/h3-6,12-13H,11H2,1-2H3,(H,14,15). The lowest BCUT2D eigenvalue weighted by atomic mass is 10.1. The molecule has 18 heavy (non-hydrogen) atoms. The zero-order valence-corrected chi connectivity index (χ0v) is 10.8. The predicted molar refractivity (Wildman–Crippen MR) is 68.6 cm³/mol. The van der Waals surface area contributed by atoms with Crippen LogP contribution in [0.1, 0.15) is 24.2 Å². The van der Waals surface area contributed by atoms with Crippen LogP contribution >= 0.6 is 0 Å². The minimum absolute atomic E-state index is 0.0372. The molecule has 0 unspecified atom stereocenters. The molecular weight excluding hydrogens is 258 g/mol. The average molecular weight is 273 g/mol. The summed E-state index contributed by atoms with van der Waals surface area (Å²) in [5, 5.41) is 8.96. The molecule has 0 bridgehead atoms. The molecule has 0 aliphatic heterocycles. The first kappa shape index (κ1) is 14.3.